The topological polar surface area (TPSA) is 55.1 Å². The Morgan fingerprint density at radius 1 is 1.42 bits per heavy atom. The first-order valence-electron chi connectivity index (χ1n) is 5.66. The number of hydrogen-bond acceptors (Lipinski definition) is 2. The summed E-state index contributed by atoms with van der Waals surface area (Å²) in [6, 6.07) is 3.26. The third-order valence-electron chi connectivity index (χ3n) is 2.64. The van der Waals surface area contributed by atoms with Crippen molar-refractivity contribution >= 4 is 27.5 Å². The van der Waals surface area contributed by atoms with Crippen molar-refractivity contribution in [1.82, 2.24) is 0 Å². The maximum Gasteiger partial charge on any atom is 0.416 e. The summed E-state index contributed by atoms with van der Waals surface area (Å²) in [5, 5.41) is 2.45. The van der Waals surface area contributed by atoms with Crippen LogP contribution in [-0.2, 0) is 11.0 Å². The molecule has 7 heteroatoms. The number of alkyl halides is 3. The molecule has 0 radical (unpaired) electrons. The average Bonchev–Trinajstić information content (AvgIpc) is 2.28. The number of carbonyl (C=O) groups excluding carboxylic acids is 1. The summed E-state index contributed by atoms with van der Waals surface area (Å²) in [7, 11) is 0. The van der Waals surface area contributed by atoms with Crippen molar-refractivity contribution in [1.29, 1.82) is 0 Å². The van der Waals surface area contributed by atoms with Gasteiger partial charge in [-0.05, 0) is 24.6 Å². The lowest BCUT2D eigenvalue weighted by Gasteiger charge is -2.14. The van der Waals surface area contributed by atoms with Gasteiger partial charge < -0.3 is 11.1 Å². The Bertz CT molecular complexity index is 459. The second-order valence-electron chi connectivity index (χ2n) is 4.06. The van der Waals surface area contributed by atoms with Crippen molar-refractivity contribution < 1.29 is 18.0 Å². The van der Waals surface area contributed by atoms with E-state index in [9.17, 15) is 18.0 Å². The van der Waals surface area contributed by atoms with E-state index in [1.54, 1.807) is 6.92 Å². The second-order valence-corrected chi connectivity index (χ2v) is 4.97. The molecule has 0 aliphatic heterocycles. The number of carbonyl (C=O) groups is 1. The van der Waals surface area contributed by atoms with Gasteiger partial charge in [0.25, 0.3) is 0 Å². The number of nitrogens with one attached hydrogen (secondary N) is 1. The van der Waals surface area contributed by atoms with Crippen molar-refractivity contribution in [3.8, 4) is 0 Å². The summed E-state index contributed by atoms with van der Waals surface area (Å²) >= 11 is 2.99. The van der Waals surface area contributed by atoms with Crippen LogP contribution in [0.15, 0.2) is 22.7 Å². The molecule has 1 atom stereocenters. The zero-order valence-electron chi connectivity index (χ0n) is 10.2. The Hall–Kier alpha value is -1.08. The summed E-state index contributed by atoms with van der Waals surface area (Å²) in [5.74, 6) is -0.787. The van der Waals surface area contributed by atoms with Gasteiger partial charge in [0.2, 0.25) is 5.91 Å². The van der Waals surface area contributed by atoms with E-state index in [0.29, 0.717) is 6.42 Å². The molecular formula is C12H14BrF3N2O. The largest absolute Gasteiger partial charge is 0.416 e. The highest BCUT2D eigenvalue weighted by Crippen LogP contribution is 2.33. The fraction of sp³-hybridized carbons (Fsp3) is 0.417. The van der Waals surface area contributed by atoms with Gasteiger partial charge in [0.1, 0.15) is 0 Å². The van der Waals surface area contributed by atoms with Crippen LogP contribution in [0.2, 0.25) is 0 Å². The van der Waals surface area contributed by atoms with Crippen molar-refractivity contribution in [2.45, 2.75) is 19.5 Å². The molecule has 19 heavy (non-hydrogen) atoms. The van der Waals surface area contributed by atoms with E-state index in [-0.39, 0.29) is 22.6 Å². The number of anilines is 1. The Labute approximate surface area is 117 Å². The van der Waals surface area contributed by atoms with Gasteiger partial charge in [-0.3, -0.25) is 4.79 Å². The minimum atomic E-state index is -4.46. The first-order chi connectivity index (χ1) is 8.77. The molecule has 3 N–H and O–H groups in total. The highest BCUT2D eigenvalue weighted by Gasteiger charge is 2.31. The molecule has 0 spiro atoms. The molecule has 0 aliphatic carbocycles. The molecular weight excluding hydrogens is 325 g/mol. The fourth-order valence-corrected chi connectivity index (χ4v) is 2.02. The van der Waals surface area contributed by atoms with Crippen LogP contribution in [0.1, 0.15) is 18.9 Å². The van der Waals surface area contributed by atoms with E-state index in [4.69, 9.17) is 5.73 Å². The SMILES string of the molecule is CCC(CN)C(=O)Nc1cc(Br)cc(C(F)(F)F)c1. The van der Waals surface area contributed by atoms with E-state index in [2.05, 4.69) is 21.2 Å². The zero-order chi connectivity index (χ0) is 14.6. The van der Waals surface area contributed by atoms with Crippen molar-refractivity contribution in [3.63, 3.8) is 0 Å². The molecule has 0 saturated carbocycles. The average molecular weight is 339 g/mol. The van der Waals surface area contributed by atoms with Crippen LogP contribution in [0.5, 0.6) is 0 Å². The third kappa shape index (κ3) is 4.50. The molecule has 1 rings (SSSR count). The number of rotatable bonds is 4. The third-order valence-corrected chi connectivity index (χ3v) is 3.10. The van der Waals surface area contributed by atoms with E-state index in [0.717, 1.165) is 12.1 Å². The number of amides is 1. The number of nitrogens with two attached hydrogens (primary N) is 1. The first-order valence-corrected chi connectivity index (χ1v) is 6.46. The quantitative estimate of drug-likeness (QED) is 0.884. The highest BCUT2D eigenvalue weighted by atomic mass is 79.9. The molecule has 1 unspecified atom stereocenters. The molecule has 0 bridgehead atoms. The van der Waals surface area contributed by atoms with Crippen LogP contribution in [0, 0.1) is 5.92 Å². The summed E-state index contributed by atoms with van der Waals surface area (Å²) in [4.78, 5) is 11.8. The minimum absolute atomic E-state index is 0.0959. The maximum atomic E-state index is 12.6. The van der Waals surface area contributed by atoms with Gasteiger partial charge in [0, 0.05) is 16.7 Å². The fourth-order valence-electron chi connectivity index (χ4n) is 1.53. The standard InChI is InChI=1S/C12H14BrF3N2O/c1-2-7(6-17)11(19)18-10-4-8(12(14,15)16)3-9(13)5-10/h3-5,7H,2,6,17H2,1H3,(H,18,19). The number of hydrogen-bond donors (Lipinski definition) is 2. The van der Waals surface area contributed by atoms with Crippen LogP contribution in [-0.4, -0.2) is 12.5 Å². The first kappa shape index (κ1) is 16.0. The van der Waals surface area contributed by atoms with Gasteiger partial charge in [0.05, 0.1) is 11.5 Å². The van der Waals surface area contributed by atoms with Gasteiger partial charge in [-0.2, -0.15) is 13.2 Å². The van der Waals surface area contributed by atoms with E-state index >= 15 is 0 Å². The molecule has 106 valence electrons. The van der Waals surface area contributed by atoms with Gasteiger partial charge in [0.15, 0.2) is 0 Å². The van der Waals surface area contributed by atoms with Crippen LogP contribution in [0.4, 0.5) is 18.9 Å². The Balaban J connectivity index is 2.96. The minimum Gasteiger partial charge on any atom is -0.330 e. The Morgan fingerprint density at radius 2 is 2.05 bits per heavy atom. The van der Waals surface area contributed by atoms with E-state index in [1.807, 2.05) is 0 Å². The smallest absolute Gasteiger partial charge is 0.330 e. The Kier molecular flexibility index (Phi) is 5.37. The summed E-state index contributed by atoms with van der Waals surface area (Å²) < 4.78 is 38.1. The lowest BCUT2D eigenvalue weighted by Crippen LogP contribution is -2.28. The maximum absolute atomic E-state index is 12.6. The summed E-state index contributed by atoms with van der Waals surface area (Å²) in [5.41, 5.74) is 4.69. The molecule has 0 saturated heterocycles. The van der Waals surface area contributed by atoms with Crippen molar-refractivity contribution in [3.05, 3.63) is 28.2 Å². The van der Waals surface area contributed by atoms with Crippen molar-refractivity contribution in [2.75, 3.05) is 11.9 Å². The van der Waals surface area contributed by atoms with Crippen molar-refractivity contribution in [2.24, 2.45) is 11.7 Å². The normalized spacial score (nSPS) is 13.2. The molecule has 0 fully saturated rings. The molecule has 1 amide bonds. The van der Waals surface area contributed by atoms with E-state index < -0.39 is 17.7 Å². The van der Waals surface area contributed by atoms with Gasteiger partial charge >= 0.3 is 6.18 Å². The second kappa shape index (κ2) is 6.38. The van der Waals surface area contributed by atoms with Crippen LogP contribution >= 0.6 is 15.9 Å². The monoisotopic (exact) mass is 338 g/mol. The molecule has 0 aliphatic rings. The van der Waals surface area contributed by atoms with E-state index in [1.165, 1.54) is 6.07 Å². The highest BCUT2D eigenvalue weighted by molar-refractivity contribution is 9.10. The predicted octanol–water partition coefficient (Wildman–Crippen LogP) is 3.39. The van der Waals surface area contributed by atoms with Gasteiger partial charge in [-0.25, -0.2) is 0 Å². The molecule has 0 heterocycles. The van der Waals surface area contributed by atoms with Gasteiger partial charge in [-0.1, -0.05) is 22.9 Å². The Morgan fingerprint density at radius 3 is 2.53 bits per heavy atom. The van der Waals surface area contributed by atoms with Crippen LogP contribution in [0.25, 0.3) is 0 Å². The lowest BCUT2D eigenvalue weighted by atomic mass is 10.1. The lowest BCUT2D eigenvalue weighted by molar-refractivity contribution is -0.137. The summed E-state index contributed by atoms with van der Waals surface area (Å²) in [6.07, 6.45) is -3.93. The zero-order valence-corrected chi connectivity index (χ0v) is 11.8. The van der Waals surface area contributed by atoms with Crippen LogP contribution in [0.3, 0.4) is 0 Å². The summed E-state index contributed by atoms with van der Waals surface area (Å²) in [6.45, 7) is 1.95. The molecule has 0 aromatic heterocycles. The number of halogens is 4. The molecule has 1 aromatic rings. The predicted molar refractivity (Wildman–Crippen MR) is 70.6 cm³/mol. The number of benzene rings is 1. The molecule has 1 aromatic carbocycles. The van der Waals surface area contributed by atoms with Crippen LogP contribution < -0.4 is 11.1 Å². The van der Waals surface area contributed by atoms with Gasteiger partial charge in [-0.15, -0.1) is 0 Å². The molecule has 3 nitrogen and oxygen atoms in total.